The Morgan fingerprint density at radius 2 is 2.35 bits per heavy atom. The molecule has 0 aliphatic carbocycles. The van der Waals surface area contributed by atoms with E-state index in [2.05, 4.69) is 0 Å². The predicted molar refractivity (Wildman–Crippen MR) is 67.6 cm³/mol. The van der Waals surface area contributed by atoms with Crippen LogP contribution in [0.5, 0.6) is 5.75 Å². The van der Waals surface area contributed by atoms with Crippen LogP contribution in [-0.4, -0.2) is 34.4 Å². The molecule has 1 unspecified atom stereocenters. The number of amides is 1. The Bertz CT molecular complexity index is 433. The monoisotopic (exact) mass is 253 g/mol. The molecule has 1 heterocycles. The number of likely N-dealkylation sites (tertiary alicyclic amines) is 1. The third-order valence-electron chi connectivity index (χ3n) is 3.35. The Morgan fingerprint density at radius 3 is 3.06 bits per heavy atom. The molecule has 0 bridgehead atoms. The van der Waals surface area contributed by atoms with Crippen molar-refractivity contribution in [2.24, 2.45) is 0 Å². The molecule has 0 aromatic heterocycles. The van der Waals surface area contributed by atoms with E-state index >= 15 is 0 Å². The maximum absolute atomic E-state index is 12.3. The van der Waals surface area contributed by atoms with Crippen molar-refractivity contribution in [3.05, 3.63) is 29.3 Å². The van der Waals surface area contributed by atoms with Crippen molar-refractivity contribution in [1.82, 2.24) is 4.90 Å². The Labute approximate surface area is 106 Å². The number of phenolic OH excluding ortho intramolecular Hbond substituents is 1. The molecular formula is C13H16ClNO2. The topological polar surface area (TPSA) is 40.5 Å². The minimum atomic E-state index is -0.0263. The van der Waals surface area contributed by atoms with Crippen LogP contribution in [0, 0.1) is 6.92 Å². The third-order valence-corrected chi connectivity index (χ3v) is 3.71. The Morgan fingerprint density at radius 1 is 1.59 bits per heavy atom. The lowest BCUT2D eigenvalue weighted by atomic mass is 10.1. The van der Waals surface area contributed by atoms with Crippen LogP contribution in [0.1, 0.15) is 28.8 Å². The van der Waals surface area contributed by atoms with E-state index in [1.165, 1.54) is 0 Å². The van der Waals surface area contributed by atoms with Gasteiger partial charge in [0.15, 0.2) is 0 Å². The highest BCUT2D eigenvalue weighted by Gasteiger charge is 2.29. The molecule has 1 aromatic rings. The van der Waals surface area contributed by atoms with E-state index in [0.29, 0.717) is 17.0 Å². The van der Waals surface area contributed by atoms with Crippen LogP contribution < -0.4 is 0 Å². The Balaban J connectivity index is 2.28. The van der Waals surface area contributed by atoms with E-state index < -0.39 is 0 Å². The highest BCUT2D eigenvalue weighted by atomic mass is 35.5. The van der Waals surface area contributed by atoms with Gasteiger partial charge in [0.1, 0.15) is 5.75 Å². The molecule has 1 amide bonds. The molecule has 1 fully saturated rings. The van der Waals surface area contributed by atoms with Gasteiger partial charge in [0.2, 0.25) is 0 Å². The number of halogens is 1. The molecule has 17 heavy (non-hydrogen) atoms. The molecule has 2 rings (SSSR count). The van der Waals surface area contributed by atoms with Crippen LogP contribution >= 0.6 is 11.6 Å². The molecule has 1 aliphatic heterocycles. The Kier molecular flexibility index (Phi) is 3.57. The van der Waals surface area contributed by atoms with Gasteiger partial charge in [0.25, 0.3) is 5.91 Å². The van der Waals surface area contributed by atoms with E-state index in [0.717, 1.165) is 19.4 Å². The zero-order valence-corrected chi connectivity index (χ0v) is 10.6. The molecule has 1 aromatic carbocycles. The van der Waals surface area contributed by atoms with Gasteiger partial charge in [-0.3, -0.25) is 4.79 Å². The van der Waals surface area contributed by atoms with E-state index in [9.17, 15) is 9.90 Å². The number of phenols is 1. The van der Waals surface area contributed by atoms with Crippen molar-refractivity contribution < 1.29 is 9.90 Å². The highest BCUT2D eigenvalue weighted by Crippen LogP contribution is 2.25. The molecule has 1 atom stereocenters. The molecule has 1 saturated heterocycles. The van der Waals surface area contributed by atoms with Gasteiger partial charge in [-0.1, -0.05) is 6.07 Å². The Hall–Kier alpha value is -1.22. The minimum absolute atomic E-state index is 0.0263. The summed E-state index contributed by atoms with van der Waals surface area (Å²) in [6, 6.07) is 5.17. The van der Waals surface area contributed by atoms with Gasteiger partial charge in [0, 0.05) is 29.6 Å². The molecule has 0 radical (unpaired) electrons. The fourth-order valence-electron chi connectivity index (χ4n) is 2.27. The summed E-state index contributed by atoms with van der Waals surface area (Å²) in [5, 5.41) is 9.62. The summed E-state index contributed by atoms with van der Waals surface area (Å²) in [5.74, 6) is 0.614. The van der Waals surface area contributed by atoms with E-state index in [-0.39, 0.29) is 17.7 Å². The van der Waals surface area contributed by atoms with Gasteiger partial charge in [-0.15, -0.1) is 11.6 Å². The lowest BCUT2D eigenvalue weighted by Gasteiger charge is -2.23. The van der Waals surface area contributed by atoms with Crippen molar-refractivity contribution in [2.45, 2.75) is 25.8 Å². The summed E-state index contributed by atoms with van der Waals surface area (Å²) in [4.78, 5) is 14.2. The zero-order valence-electron chi connectivity index (χ0n) is 9.82. The average molecular weight is 254 g/mol. The lowest BCUT2D eigenvalue weighted by Crippen LogP contribution is -2.36. The van der Waals surface area contributed by atoms with Crippen LogP contribution in [0.25, 0.3) is 0 Å². The van der Waals surface area contributed by atoms with Crippen LogP contribution in [0.3, 0.4) is 0 Å². The molecule has 3 nitrogen and oxygen atoms in total. The quantitative estimate of drug-likeness (QED) is 0.823. The minimum Gasteiger partial charge on any atom is -0.508 e. The van der Waals surface area contributed by atoms with Gasteiger partial charge in [0.05, 0.1) is 0 Å². The van der Waals surface area contributed by atoms with Crippen LogP contribution in [0.4, 0.5) is 0 Å². The normalized spacial score (nSPS) is 19.6. The summed E-state index contributed by atoms with van der Waals surface area (Å²) in [5.41, 5.74) is 1.21. The average Bonchev–Trinajstić information content (AvgIpc) is 2.80. The number of carbonyl (C=O) groups excluding carboxylic acids is 1. The van der Waals surface area contributed by atoms with E-state index in [1.807, 2.05) is 4.90 Å². The number of hydrogen-bond donors (Lipinski definition) is 1. The van der Waals surface area contributed by atoms with Crippen molar-refractivity contribution in [3.8, 4) is 5.75 Å². The molecule has 92 valence electrons. The summed E-state index contributed by atoms with van der Waals surface area (Å²) >= 11 is 5.86. The first kappa shape index (κ1) is 12.2. The number of rotatable bonds is 2. The third kappa shape index (κ3) is 2.25. The number of benzene rings is 1. The van der Waals surface area contributed by atoms with Gasteiger partial charge in [-0.05, 0) is 31.9 Å². The first-order valence-corrected chi connectivity index (χ1v) is 6.34. The fraction of sp³-hybridized carbons (Fsp3) is 0.462. The maximum Gasteiger partial charge on any atom is 0.254 e. The van der Waals surface area contributed by atoms with Crippen molar-refractivity contribution in [3.63, 3.8) is 0 Å². The van der Waals surface area contributed by atoms with Gasteiger partial charge < -0.3 is 10.0 Å². The summed E-state index contributed by atoms with van der Waals surface area (Å²) in [7, 11) is 0. The second-order valence-corrected chi connectivity index (χ2v) is 4.71. The summed E-state index contributed by atoms with van der Waals surface area (Å²) in [6.45, 7) is 2.51. The number of carbonyl (C=O) groups is 1. The highest BCUT2D eigenvalue weighted by molar-refractivity contribution is 6.18. The predicted octanol–water partition coefficient (Wildman–Crippen LogP) is 2.54. The second-order valence-electron chi connectivity index (χ2n) is 4.40. The van der Waals surface area contributed by atoms with Gasteiger partial charge in [-0.2, -0.15) is 0 Å². The largest absolute Gasteiger partial charge is 0.508 e. The SMILES string of the molecule is Cc1c(O)cccc1C(=O)N1CCCC1CCl. The number of hydrogen-bond acceptors (Lipinski definition) is 2. The van der Waals surface area contributed by atoms with E-state index in [4.69, 9.17) is 11.6 Å². The number of alkyl halides is 1. The fourth-order valence-corrected chi connectivity index (χ4v) is 2.59. The number of aromatic hydroxyl groups is 1. The zero-order chi connectivity index (χ0) is 12.4. The summed E-state index contributed by atoms with van der Waals surface area (Å²) in [6.07, 6.45) is 1.97. The first-order valence-electron chi connectivity index (χ1n) is 5.80. The molecule has 0 saturated carbocycles. The molecular weight excluding hydrogens is 238 g/mol. The summed E-state index contributed by atoms with van der Waals surface area (Å²) < 4.78 is 0. The van der Waals surface area contributed by atoms with Crippen LogP contribution in [-0.2, 0) is 0 Å². The maximum atomic E-state index is 12.3. The van der Waals surface area contributed by atoms with Crippen LogP contribution in [0.2, 0.25) is 0 Å². The van der Waals surface area contributed by atoms with Gasteiger partial charge >= 0.3 is 0 Å². The smallest absolute Gasteiger partial charge is 0.254 e. The second kappa shape index (κ2) is 4.96. The first-order chi connectivity index (χ1) is 8.15. The molecule has 1 N–H and O–H groups in total. The van der Waals surface area contributed by atoms with Crippen LogP contribution in [0.15, 0.2) is 18.2 Å². The standard InChI is InChI=1S/C13H16ClNO2/c1-9-11(5-2-6-12(9)16)13(17)15-7-3-4-10(15)8-14/h2,5-6,10,16H,3-4,7-8H2,1H3. The van der Waals surface area contributed by atoms with Crippen molar-refractivity contribution >= 4 is 17.5 Å². The number of nitrogens with zero attached hydrogens (tertiary/aromatic N) is 1. The molecule has 0 spiro atoms. The van der Waals surface area contributed by atoms with Crippen molar-refractivity contribution in [1.29, 1.82) is 0 Å². The molecule has 1 aliphatic rings. The van der Waals surface area contributed by atoms with Crippen molar-refractivity contribution in [2.75, 3.05) is 12.4 Å². The van der Waals surface area contributed by atoms with Gasteiger partial charge in [-0.25, -0.2) is 0 Å². The molecule has 4 heteroatoms. The lowest BCUT2D eigenvalue weighted by molar-refractivity contribution is 0.0748. The van der Waals surface area contributed by atoms with E-state index in [1.54, 1.807) is 25.1 Å².